The number of rotatable bonds is 2. The zero-order valence-electron chi connectivity index (χ0n) is 10.5. The number of alkyl halides is 1. The van der Waals surface area contributed by atoms with Gasteiger partial charge in [0.25, 0.3) is 0 Å². The van der Waals surface area contributed by atoms with Crippen molar-refractivity contribution in [3.63, 3.8) is 0 Å². The number of benzene rings is 1. The molecular weight excluding hydrogens is 236 g/mol. The lowest BCUT2D eigenvalue weighted by Gasteiger charge is -2.15. The molecule has 0 radical (unpaired) electrons. The summed E-state index contributed by atoms with van der Waals surface area (Å²) in [4.78, 5) is 0. The molecule has 3 nitrogen and oxygen atoms in total. The van der Waals surface area contributed by atoms with Crippen LogP contribution in [0, 0.1) is 5.82 Å². The topological polar surface area (TPSA) is 43.8 Å². The molecule has 0 aliphatic heterocycles. The zero-order chi connectivity index (χ0) is 13.5. The van der Waals surface area contributed by atoms with Gasteiger partial charge in [0.1, 0.15) is 17.3 Å². The van der Waals surface area contributed by atoms with E-state index in [0.717, 1.165) is 0 Å². The maximum Gasteiger partial charge on any atom is 0.132 e. The Morgan fingerprint density at radius 1 is 1.28 bits per heavy atom. The lowest BCUT2D eigenvalue weighted by atomic mass is 9.97. The summed E-state index contributed by atoms with van der Waals surface area (Å²) in [7, 11) is 1.67. The quantitative estimate of drug-likeness (QED) is 0.891. The second-order valence-corrected chi connectivity index (χ2v) is 4.75. The Bertz CT molecular complexity index is 563. The van der Waals surface area contributed by atoms with Gasteiger partial charge in [0.15, 0.2) is 0 Å². The lowest BCUT2D eigenvalue weighted by Crippen LogP contribution is -2.09. The molecule has 2 rings (SSSR count). The first-order chi connectivity index (χ1) is 8.29. The molecule has 1 aromatic carbocycles. The van der Waals surface area contributed by atoms with Crippen molar-refractivity contribution in [2.45, 2.75) is 19.5 Å². The van der Waals surface area contributed by atoms with E-state index in [4.69, 9.17) is 5.73 Å². The Morgan fingerprint density at radius 2 is 1.94 bits per heavy atom. The third-order valence-corrected chi connectivity index (χ3v) is 2.84. The van der Waals surface area contributed by atoms with Crippen molar-refractivity contribution < 1.29 is 8.78 Å². The maximum atomic E-state index is 13.9. The molecule has 0 aliphatic rings. The van der Waals surface area contributed by atoms with Crippen molar-refractivity contribution >= 4 is 5.82 Å². The van der Waals surface area contributed by atoms with E-state index in [9.17, 15) is 8.78 Å². The molecule has 0 atom stereocenters. The number of hydrogen-bond acceptors (Lipinski definition) is 2. The summed E-state index contributed by atoms with van der Waals surface area (Å²) in [6.45, 7) is 2.85. The molecule has 0 unspecified atom stereocenters. The van der Waals surface area contributed by atoms with Crippen LogP contribution in [0.2, 0.25) is 0 Å². The number of aromatic nitrogens is 2. The van der Waals surface area contributed by atoms with Crippen molar-refractivity contribution in [2.75, 3.05) is 5.73 Å². The van der Waals surface area contributed by atoms with E-state index in [1.54, 1.807) is 13.1 Å². The molecule has 1 heterocycles. The molecule has 0 saturated heterocycles. The Hall–Kier alpha value is -1.91. The Morgan fingerprint density at radius 3 is 2.44 bits per heavy atom. The summed E-state index contributed by atoms with van der Waals surface area (Å²) in [5.74, 6) is -0.0181. The van der Waals surface area contributed by atoms with E-state index in [1.807, 2.05) is 0 Å². The fraction of sp³-hybridized carbons (Fsp3) is 0.308. The van der Waals surface area contributed by atoms with Crippen LogP contribution in [0.15, 0.2) is 24.3 Å². The third kappa shape index (κ3) is 2.20. The Labute approximate surface area is 104 Å². The molecule has 0 spiro atoms. The molecule has 0 saturated carbocycles. The van der Waals surface area contributed by atoms with Gasteiger partial charge in [-0.3, -0.25) is 4.68 Å². The second kappa shape index (κ2) is 4.08. The highest BCUT2D eigenvalue weighted by molar-refractivity contribution is 5.64. The number of nitrogen functional groups attached to an aromatic ring is 1. The summed E-state index contributed by atoms with van der Waals surface area (Å²) in [5.41, 5.74) is 5.19. The molecular formula is C13H15F2N3. The highest BCUT2D eigenvalue weighted by Gasteiger charge is 2.21. The highest BCUT2D eigenvalue weighted by Crippen LogP contribution is 2.30. The average molecular weight is 251 g/mol. The second-order valence-electron chi connectivity index (χ2n) is 4.75. The van der Waals surface area contributed by atoms with Gasteiger partial charge in [-0.2, -0.15) is 5.10 Å². The van der Waals surface area contributed by atoms with Gasteiger partial charge in [-0.05, 0) is 31.5 Å². The van der Waals surface area contributed by atoms with E-state index in [-0.39, 0.29) is 5.56 Å². The van der Waals surface area contributed by atoms with Crippen LogP contribution in [-0.4, -0.2) is 9.78 Å². The zero-order valence-corrected chi connectivity index (χ0v) is 10.5. The van der Waals surface area contributed by atoms with E-state index in [1.165, 1.54) is 36.7 Å². The molecule has 5 heteroatoms. The molecule has 0 amide bonds. The molecule has 2 aromatic rings. The molecule has 0 aliphatic carbocycles. The largest absolute Gasteiger partial charge is 0.384 e. The Balaban J connectivity index is 2.56. The SMILES string of the molecule is Cn1nc(-c2cc(C(C)(C)F)ccc2F)cc1N. The van der Waals surface area contributed by atoms with Gasteiger partial charge in [-0.1, -0.05) is 6.07 Å². The summed E-state index contributed by atoms with van der Waals surface area (Å²) in [6.07, 6.45) is 0. The van der Waals surface area contributed by atoms with Crippen LogP contribution in [0.1, 0.15) is 19.4 Å². The van der Waals surface area contributed by atoms with Gasteiger partial charge in [-0.25, -0.2) is 8.78 Å². The highest BCUT2D eigenvalue weighted by atomic mass is 19.1. The molecule has 2 N–H and O–H groups in total. The van der Waals surface area contributed by atoms with Crippen LogP contribution >= 0.6 is 0 Å². The monoisotopic (exact) mass is 251 g/mol. The number of aryl methyl sites for hydroxylation is 1. The number of hydrogen-bond donors (Lipinski definition) is 1. The van der Waals surface area contributed by atoms with Crippen LogP contribution in [0.3, 0.4) is 0 Å². The van der Waals surface area contributed by atoms with Crippen LogP contribution in [0.5, 0.6) is 0 Å². The molecule has 1 aromatic heterocycles. The molecule has 0 fully saturated rings. The van der Waals surface area contributed by atoms with E-state index in [0.29, 0.717) is 17.1 Å². The van der Waals surface area contributed by atoms with Gasteiger partial charge in [0.05, 0.1) is 5.69 Å². The van der Waals surface area contributed by atoms with Gasteiger partial charge in [0.2, 0.25) is 0 Å². The fourth-order valence-electron chi connectivity index (χ4n) is 1.70. The van der Waals surface area contributed by atoms with Crippen molar-refractivity contribution in [1.29, 1.82) is 0 Å². The van der Waals surface area contributed by atoms with Gasteiger partial charge in [0, 0.05) is 18.7 Å². The van der Waals surface area contributed by atoms with Crippen LogP contribution in [0.25, 0.3) is 11.3 Å². The van der Waals surface area contributed by atoms with Crippen molar-refractivity contribution in [3.8, 4) is 11.3 Å². The van der Waals surface area contributed by atoms with Crippen molar-refractivity contribution in [3.05, 3.63) is 35.6 Å². The summed E-state index contributed by atoms with van der Waals surface area (Å²) < 4.78 is 29.1. The number of halogens is 2. The van der Waals surface area contributed by atoms with E-state index >= 15 is 0 Å². The summed E-state index contributed by atoms with van der Waals surface area (Å²) in [6, 6.07) is 5.71. The minimum absolute atomic E-state index is 0.255. The first-order valence-corrected chi connectivity index (χ1v) is 5.58. The number of nitrogens with zero attached hydrogens (tertiary/aromatic N) is 2. The maximum absolute atomic E-state index is 13.9. The smallest absolute Gasteiger partial charge is 0.132 e. The number of anilines is 1. The molecule has 18 heavy (non-hydrogen) atoms. The van der Waals surface area contributed by atoms with Crippen LogP contribution < -0.4 is 5.73 Å². The third-order valence-electron chi connectivity index (χ3n) is 2.84. The predicted molar refractivity (Wildman–Crippen MR) is 67.1 cm³/mol. The first-order valence-electron chi connectivity index (χ1n) is 5.58. The normalized spacial score (nSPS) is 11.8. The van der Waals surface area contributed by atoms with Gasteiger partial charge < -0.3 is 5.73 Å². The summed E-state index contributed by atoms with van der Waals surface area (Å²) >= 11 is 0. The van der Waals surface area contributed by atoms with Gasteiger partial charge >= 0.3 is 0 Å². The average Bonchev–Trinajstić information content (AvgIpc) is 2.58. The fourth-order valence-corrected chi connectivity index (χ4v) is 1.70. The minimum Gasteiger partial charge on any atom is -0.384 e. The lowest BCUT2D eigenvalue weighted by molar-refractivity contribution is 0.221. The summed E-state index contributed by atoms with van der Waals surface area (Å²) in [5, 5.41) is 4.09. The van der Waals surface area contributed by atoms with E-state index in [2.05, 4.69) is 5.10 Å². The minimum atomic E-state index is -1.53. The predicted octanol–water partition coefficient (Wildman–Crippen LogP) is 3.01. The number of nitrogens with two attached hydrogens (primary N) is 1. The van der Waals surface area contributed by atoms with Crippen LogP contribution in [0.4, 0.5) is 14.6 Å². The van der Waals surface area contributed by atoms with Crippen LogP contribution in [-0.2, 0) is 12.7 Å². The van der Waals surface area contributed by atoms with Crippen molar-refractivity contribution in [2.24, 2.45) is 7.05 Å². The Kier molecular flexibility index (Phi) is 2.84. The van der Waals surface area contributed by atoms with Gasteiger partial charge in [-0.15, -0.1) is 0 Å². The molecule has 0 bridgehead atoms. The first kappa shape index (κ1) is 12.5. The van der Waals surface area contributed by atoms with E-state index < -0.39 is 11.5 Å². The van der Waals surface area contributed by atoms with Crippen molar-refractivity contribution in [1.82, 2.24) is 9.78 Å². The molecule has 96 valence electrons. The standard InChI is InChI=1S/C13H15F2N3/c1-13(2,15)8-4-5-10(14)9(6-8)11-7-12(16)18(3)17-11/h4-7H,16H2,1-3H3.